The van der Waals surface area contributed by atoms with E-state index >= 15 is 0 Å². The molecule has 0 aliphatic heterocycles. The zero-order valence-corrected chi connectivity index (χ0v) is 30.8. The molecule has 0 spiro atoms. The molecule has 0 bridgehead atoms. The van der Waals surface area contributed by atoms with Crippen LogP contribution in [0, 0.1) is 0 Å². The van der Waals surface area contributed by atoms with Crippen LogP contribution in [-0.4, -0.2) is 26.2 Å². The van der Waals surface area contributed by atoms with Gasteiger partial charge in [0.05, 0.1) is 33.7 Å². The van der Waals surface area contributed by atoms with Gasteiger partial charge in [-0.1, -0.05) is 48.5 Å². The molecular weight excluding hydrogens is 665 g/mol. The lowest BCUT2D eigenvalue weighted by Crippen LogP contribution is -2.42. The summed E-state index contributed by atoms with van der Waals surface area (Å²) < 4.78 is 4.93. The first-order chi connectivity index (χ1) is 26.5. The molecule has 0 aliphatic carbocycles. The van der Waals surface area contributed by atoms with Gasteiger partial charge in [-0.2, -0.15) is 9.13 Å². The third-order valence-electron chi connectivity index (χ3n) is 10.5. The van der Waals surface area contributed by atoms with Crippen molar-refractivity contribution in [3.05, 3.63) is 133 Å². The van der Waals surface area contributed by atoms with E-state index < -0.39 is 0 Å². The molecule has 8 nitrogen and oxygen atoms in total. The van der Waals surface area contributed by atoms with Gasteiger partial charge in [-0.05, 0) is 60.7 Å². The van der Waals surface area contributed by atoms with Crippen LogP contribution in [0.1, 0.15) is 12.8 Å². The monoisotopic (exact) mass is 714 g/mol. The number of rotatable bonds is 13. The number of nitrogen functional groups attached to an aromatic ring is 2. The summed E-state index contributed by atoms with van der Waals surface area (Å²) in [5.41, 5.74) is 32.0. The molecule has 0 radical (unpaired) electrons. The number of quaternary nitrogens is 2. The van der Waals surface area contributed by atoms with Crippen LogP contribution in [0.5, 0.6) is 0 Å². The molecule has 2 heterocycles. The van der Waals surface area contributed by atoms with Crippen molar-refractivity contribution in [2.75, 3.05) is 37.6 Å². The van der Waals surface area contributed by atoms with E-state index in [1.807, 2.05) is 12.1 Å². The SMILES string of the molecule is Nc1ccc2c(c1)c(-c1ccccc1)[n+](CCCNCCNCCC[n+]1c(-c3ccccc3)c3cc(N)ccc3c3ccc([NH3+])cc31)c1cc([NH3+])ccc21. The molecule has 8 rings (SSSR count). The lowest BCUT2D eigenvalue weighted by Gasteiger charge is -2.14. The van der Waals surface area contributed by atoms with Crippen molar-refractivity contribution < 1.29 is 20.6 Å². The molecule has 6 aromatic carbocycles. The maximum atomic E-state index is 6.36. The summed E-state index contributed by atoms with van der Waals surface area (Å²) in [6.45, 7) is 5.38. The van der Waals surface area contributed by atoms with E-state index in [0.717, 1.165) is 74.9 Å². The largest absolute Gasteiger partial charge is 0.399 e. The highest BCUT2D eigenvalue weighted by molar-refractivity contribution is 6.11. The second-order valence-corrected chi connectivity index (χ2v) is 14.3. The predicted octanol–water partition coefficient (Wildman–Crippen LogP) is 5.78. The van der Waals surface area contributed by atoms with Gasteiger partial charge in [-0.3, -0.25) is 0 Å². The Kier molecular flexibility index (Phi) is 10.2. The number of pyridine rings is 2. The summed E-state index contributed by atoms with van der Waals surface area (Å²) in [5, 5.41) is 14.6. The lowest BCUT2D eigenvalue weighted by molar-refractivity contribution is -0.659. The van der Waals surface area contributed by atoms with Gasteiger partial charge in [-0.25, -0.2) is 0 Å². The Hall–Kier alpha value is -5.90. The van der Waals surface area contributed by atoms with Gasteiger partial charge in [0.2, 0.25) is 22.4 Å². The molecule has 0 saturated heterocycles. The maximum Gasteiger partial charge on any atom is 0.220 e. The average Bonchev–Trinajstić information content (AvgIpc) is 3.18. The molecule has 8 aromatic rings. The van der Waals surface area contributed by atoms with Gasteiger partial charge in [0.1, 0.15) is 11.4 Å². The highest BCUT2D eigenvalue weighted by Gasteiger charge is 2.25. The highest BCUT2D eigenvalue weighted by Crippen LogP contribution is 2.35. The molecule has 270 valence electrons. The Bertz CT molecular complexity index is 2420. The zero-order chi connectivity index (χ0) is 37.0. The van der Waals surface area contributed by atoms with Crippen LogP contribution in [-0.2, 0) is 13.1 Å². The van der Waals surface area contributed by atoms with Gasteiger partial charge in [0.15, 0.2) is 13.1 Å². The molecule has 8 heteroatoms. The minimum Gasteiger partial charge on any atom is -0.399 e. The standard InChI is InChI=1S/C46H46N8/c47-33-13-17-37-39-19-15-35(49)29-43(39)53(45(41(37)27-33)31-9-3-1-4-10-31)25-7-21-51-23-24-52-22-8-26-54-44-30-36(50)16-20-40(44)38-18-14-34(48)28-42(38)46(54)32-11-5-2-6-12-32/h1-6,9-20,27-30,49-52H,7-8,21-26,47-48H2/p+4. The van der Waals surface area contributed by atoms with Crippen molar-refractivity contribution >= 4 is 66.1 Å². The van der Waals surface area contributed by atoms with E-state index in [1.54, 1.807) is 0 Å². The van der Waals surface area contributed by atoms with E-state index in [1.165, 1.54) is 65.9 Å². The van der Waals surface area contributed by atoms with Gasteiger partial charge in [-0.15, -0.1) is 0 Å². The van der Waals surface area contributed by atoms with Gasteiger partial charge in [0, 0.05) is 84.4 Å². The zero-order valence-electron chi connectivity index (χ0n) is 30.8. The van der Waals surface area contributed by atoms with Crippen LogP contribution < -0.4 is 42.7 Å². The van der Waals surface area contributed by atoms with Gasteiger partial charge in [0.25, 0.3) is 0 Å². The van der Waals surface area contributed by atoms with Crippen LogP contribution in [0.15, 0.2) is 133 Å². The number of aryl methyl sites for hydroxylation is 2. The number of nitrogens with zero attached hydrogens (tertiary/aromatic N) is 2. The smallest absolute Gasteiger partial charge is 0.220 e. The molecule has 54 heavy (non-hydrogen) atoms. The molecule has 0 unspecified atom stereocenters. The first-order valence-corrected chi connectivity index (χ1v) is 19.0. The van der Waals surface area contributed by atoms with Crippen LogP contribution >= 0.6 is 0 Å². The number of nitrogens with one attached hydrogen (secondary N) is 2. The summed E-state index contributed by atoms with van der Waals surface area (Å²) in [6.07, 6.45) is 1.98. The highest BCUT2D eigenvalue weighted by atomic mass is 15.0. The van der Waals surface area contributed by atoms with E-state index in [2.05, 4.69) is 153 Å². The van der Waals surface area contributed by atoms with Crippen molar-refractivity contribution in [2.24, 2.45) is 0 Å². The van der Waals surface area contributed by atoms with Crippen LogP contribution in [0.3, 0.4) is 0 Å². The normalized spacial score (nSPS) is 11.7. The van der Waals surface area contributed by atoms with Crippen molar-refractivity contribution in [2.45, 2.75) is 25.9 Å². The Balaban J connectivity index is 0.930. The number of benzene rings is 6. The van der Waals surface area contributed by atoms with Gasteiger partial charge < -0.3 is 33.6 Å². The fourth-order valence-corrected chi connectivity index (χ4v) is 8.00. The first kappa shape index (κ1) is 35.1. The molecule has 0 amide bonds. The van der Waals surface area contributed by atoms with Crippen LogP contribution in [0.2, 0.25) is 0 Å². The summed E-state index contributed by atoms with van der Waals surface area (Å²) in [6, 6.07) is 46.9. The first-order valence-electron chi connectivity index (χ1n) is 19.0. The molecule has 0 aliphatic rings. The van der Waals surface area contributed by atoms with Crippen molar-refractivity contribution in [3.8, 4) is 22.5 Å². The van der Waals surface area contributed by atoms with E-state index in [4.69, 9.17) is 11.5 Å². The fraction of sp³-hybridized carbons (Fsp3) is 0.174. The molecule has 0 atom stereocenters. The Morgan fingerprint density at radius 3 is 1.26 bits per heavy atom. The Morgan fingerprint density at radius 1 is 0.426 bits per heavy atom. The average molecular weight is 715 g/mol. The maximum absolute atomic E-state index is 6.36. The molecular formula is C46H50N8+4. The number of anilines is 2. The summed E-state index contributed by atoms with van der Waals surface area (Å²) in [5.74, 6) is 0. The number of nitrogens with two attached hydrogens (primary N) is 2. The number of aromatic nitrogens is 2. The second-order valence-electron chi connectivity index (χ2n) is 14.3. The molecule has 12 N–H and O–H groups in total. The Labute approximate surface area is 316 Å². The second kappa shape index (κ2) is 15.6. The third-order valence-corrected chi connectivity index (χ3v) is 10.5. The van der Waals surface area contributed by atoms with E-state index in [0.29, 0.717) is 0 Å². The molecule has 0 fully saturated rings. The summed E-state index contributed by atoms with van der Waals surface area (Å²) in [4.78, 5) is 0. The van der Waals surface area contributed by atoms with E-state index in [-0.39, 0.29) is 0 Å². The quantitative estimate of drug-likeness (QED) is 0.0390. The van der Waals surface area contributed by atoms with Gasteiger partial charge >= 0.3 is 0 Å². The minimum absolute atomic E-state index is 0.770. The third kappa shape index (κ3) is 7.08. The van der Waals surface area contributed by atoms with E-state index in [9.17, 15) is 0 Å². The molecule has 0 saturated carbocycles. The van der Waals surface area contributed by atoms with Crippen molar-refractivity contribution in [1.82, 2.24) is 10.6 Å². The summed E-state index contributed by atoms with van der Waals surface area (Å²) >= 11 is 0. The molecule has 2 aromatic heterocycles. The lowest BCUT2D eigenvalue weighted by atomic mass is 9.98. The summed E-state index contributed by atoms with van der Waals surface area (Å²) in [7, 11) is 0. The number of hydrogen-bond donors (Lipinski definition) is 6. The predicted molar refractivity (Wildman–Crippen MR) is 223 cm³/mol. The van der Waals surface area contributed by atoms with Crippen LogP contribution in [0.4, 0.5) is 22.7 Å². The van der Waals surface area contributed by atoms with Crippen LogP contribution in [0.25, 0.3) is 65.9 Å². The Morgan fingerprint density at radius 2 is 0.833 bits per heavy atom. The number of fused-ring (bicyclic) bond motifs is 6. The van der Waals surface area contributed by atoms with Crippen molar-refractivity contribution in [1.29, 1.82) is 0 Å². The van der Waals surface area contributed by atoms with Crippen molar-refractivity contribution in [3.63, 3.8) is 0 Å². The number of hydrogen-bond acceptors (Lipinski definition) is 4. The topological polar surface area (TPSA) is 139 Å². The fourth-order valence-electron chi connectivity index (χ4n) is 8.00. The minimum atomic E-state index is 0.770.